The third kappa shape index (κ3) is 10.0. The van der Waals surface area contributed by atoms with Crippen LogP contribution in [0.25, 0.3) is 0 Å². The maximum absolute atomic E-state index is 6.04. The van der Waals surface area contributed by atoms with Crippen LogP contribution in [0.15, 0.2) is 77.0 Å². The summed E-state index contributed by atoms with van der Waals surface area (Å²) in [6, 6.07) is 8.08. The highest BCUT2D eigenvalue weighted by atomic mass is 16.5. The van der Waals surface area contributed by atoms with Crippen LogP contribution in [0.4, 0.5) is 5.69 Å². The molecule has 0 amide bonds. The van der Waals surface area contributed by atoms with E-state index in [4.69, 9.17) is 14.5 Å². The van der Waals surface area contributed by atoms with Gasteiger partial charge in [0.25, 0.3) is 0 Å². The number of hydrogen-bond acceptors (Lipinski definition) is 5. The lowest BCUT2D eigenvalue weighted by molar-refractivity contribution is -0.0775. The molecule has 0 spiro atoms. The van der Waals surface area contributed by atoms with E-state index < -0.39 is 0 Å². The average Bonchev–Trinajstić information content (AvgIpc) is 3.12. The maximum Gasteiger partial charge on any atom is 0.126 e. The van der Waals surface area contributed by atoms with E-state index in [0.29, 0.717) is 6.61 Å². The molecule has 1 aliphatic carbocycles. The first-order valence-electron chi connectivity index (χ1n) is 13.1. The zero-order valence-corrected chi connectivity index (χ0v) is 23.5. The molecule has 1 fully saturated rings. The topological polar surface area (TPSA) is 49.3 Å². The van der Waals surface area contributed by atoms with Crippen molar-refractivity contribution in [1.29, 1.82) is 0 Å². The molecule has 1 aliphatic heterocycles. The summed E-state index contributed by atoms with van der Waals surface area (Å²) in [6.45, 7) is 14.8. The molecule has 2 aliphatic rings. The molecule has 200 valence electrons. The molecule has 3 atom stereocenters. The van der Waals surface area contributed by atoms with E-state index in [0.717, 1.165) is 42.5 Å². The normalized spacial score (nSPS) is 21.6. The second kappa shape index (κ2) is 15.3. The Bertz CT molecular complexity index is 958. The Labute approximate surface area is 220 Å². The molecule has 1 heterocycles. The molecular weight excluding hydrogens is 448 g/mol. The number of rotatable bonds is 8. The number of hydrogen-bond donors (Lipinski definition) is 1. The average molecular weight is 497 g/mol. The summed E-state index contributed by atoms with van der Waals surface area (Å²) in [4.78, 5) is 9.45. The molecule has 0 radical (unpaired) electrons. The van der Waals surface area contributed by atoms with Crippen molar-refractivity contribution >= 4 is 11.5 Å². The fraction of sp³-hybridized carbons (Fsp3) is 0.500. The van der Waals surface area contributed by atoms with Crippen LogP contribution < -0.4 is 10.1 Å². The Morgan fingerprint density at radius 2 is 1.94 bits per heavy atom. The summed E-state index contributed by atoms with van der Waals surface area (Å²) in [6.07, 6.45) is 14.0. The molecule has 0 bridgehead atoms. The van der Waals surface area contributed by atoms with Crippen molar-refractivity contribution in [2.75, 3.05) is 39.1 Å². The maximum atomic E-state index is 6.04. The number of aliphatic imine (C=N–C) groups is 1. The zero-order valence-electron chi connectivity index (χ0n) is 23.5. The Balaban J connectivity index is 0.00000223. The number of nitrogens with one attached hydrogen (secondary N) is 1. The summed E-state index contributed by atoms with van der Waals surface area (Å²) < 4.78 is 11.9. The van der Waals surface area contributed by atoms with E-state index in [2.05, 4.69) is 73.2 Å². The summed E-state index contributed by atoms with van der Waals surface area (Å²) in [7, 11) is 4.06. The highest BCUT2D eigenvalue weighted by Crippen LogP contribution is 2.20. The third-order valence-electron chi connectivity index (χ3n) is 5.77. The lowest BCUT2D eigenvalue weighted by atomic mass is 10.2. The number of morpholine rings is 1. The SMILES string of the molecule is C/C(=C\C(=N/C(C)N1CC(C)OC(C)C1)N(C)C)Nc1cccc(OCC2=CC=CC=CC2)c1.CC.[HH]. The minimum atomic E-state index is 0. The Hall–Kier alpha value is -2.83. The van der Waals surface area contributed by atoms with Crippen LogP contribution in [0, 0.1) is 0 Å². The van der Waals surface area contributed by atoms with Crippen LogP contribution in [0.2, 0.25) is 0 Å². The summed E-state index contributed by atoms with van der Waals surface area (Å²) in [5.41, 5.74) is 3.26. The monoisotopic (exact) mass is 496 g/mol. The van der Waals surface area contributed by atoms with Gasteiger partial charge in [-0.1, -0.05) is 50.3 Å². The molecule has 3 unspecified atom stereocenters. The van der Waals surface area contributed by atoms with E-state index in [1.807, 2.05) is 58.3 Å². The highest BCUT2D eigenvalue weighted by molar-refractivity contribution is 5.93. The van der Waals surface area contributed by atoms with Gasteiger partial charge >= 0.3 is 0 Å². The quantitative estimate of drug-likeness (QED) is 0.328. The Morgan fingerprint density at radius 3 is 2.64 bits per heavy atom. The van der Waals surface area contributed by atoms with Crippen LogP contribution in [-0.4, -0.2) is 67.8 Å². The van der Waals surface area contributed by atoms with Crippen molar-refractivity contribution < 1.29 is 10.9 Å². The Morgan fingerprint density at radius 1 is 1.22 bits per heavy atom. The molecule has 1 aromatic carbocycles. The summed E-state index contributed by atoms with van der Waals surface area (Å²) in [5.74, 6) is 1.78. The molecule has 36 heavy (non-hydrogen) atoms. The van der Waals surface area contributed by atoms with Crippen molar-refractivity contribution in [2.24, 2.45) is 4.99 Å². The van der Waals surface area contributed by atoms with Gasteiger partial charge in [-0.25, -0.2) is 4.99 Å². The van der Waals surface area contributed by atoms with Gasteiger partial charge < -0.3 is 19.7 Å². The van der Waals surface area contributed by atoms with Gasteiger partial charge in [-0.2, -0.15) is 0 Å². The highest BCUT2D eigenvalue weighted by Gasteiger charge is 2.25. The molecule has 0 aromatic heterocycles. The predicted octanol–water partition coefficient (Wildman–Crippen LogP) is 6.51. The molecule has 0 saturated carbocycles. The number of amidine groups is 1. The Kier molecular flexibility index (Phi) is 12.5. The summed E-state index contributed by atoms with van der Waals surface area (Å²) >= 11 is 0. The lowest BCUT2D eigenvalue weighted by Crippen LogP contribution is -2.49. The fourth-order valence-electron chi connectivity index (χ4n) is 4.10. The van der Waals surface area contributed by atoms with Gasteiger partial charge in [0, 0.05) is 46.1 Å². The van der Waals surface area contributed by atoms with Crippen LogP contribution in [0.3, 0.4) is 0 Å². The van der Waals surface area contributed by atoms with E-state index in [1.165, 1.54) is 5.57 Å². The van der Waals surface area contributed by atoms with E-state index in [-0.39, 0.29) is 19.8 Å². The first kappa shape index (κ1) is 29.4. The van der Waals surface area contributed by atoms with Crippen LogP contribution in [-0.2, 0) is 4.74 Å². The van der Waals surface area contributed by atoms with E-state index in [1.54, 1.807) is 0 Å². The van der Waals surface area contributed by atoms with Gasteiger partial charge in [0.1, 0.15) is 24.4 Å². The molecule has 1 aromatic rings. The first-order valence-corrected chi connectivity index (χ1v) is 13.1. The van der Waals surface area contributed by atoms with Crippen molar-refractivity contribution in [3.63, 3.8) is 0 Å². The standard InChI is InChI=1S/C28H40N4O2.C2H6.H2/c1-21(16-28(31(5)6)30-24(4)32-18-22(2)34-23(3)19-32)29-26-14-11-15-27(17-26)33-20-25-12-9-7-8-10-13-25;1-2;/h7-12,14-17,22-24,29H,13,18-20H2,1-6H3;1-2H3;1H/b21-16+,30-28+;;. The van der Waals surface area contributed by atoms with Crippen molar-refractivity contribution in [2.45, 2.75) is 66.3 Å². The zero-order chi connectivity index (χ0) is 26.5. The fourth-order valence-corrected chi connectivity index (χ4v) is 4.10. The van der Waals surface area contributed by atoms with Gasteiger partial charge in [0.2, 0.25) is 0 Å². The third-order valence-corrected chi connectivity index (χ3v) is 5.77. The minimum Gasteiger partial charge on any atom is -0.489 e. The number of likely N-dealkylation sites (N-methyl/N-ethyl adjacent to an activating group) is 1. The van der Waals surface area contributed by atoms with Crippen LogP contribution in [0.5, 0.6) is 5.75 Å². The number of nitrogens with zero attached hydrogens (tertiary/aromatic N) is 3. The molecule has 3 rings (SSSR count). The molecule has 6 heteroatoms. The number of allylic oxidation sites excluding steroid dienone is 6. The number of benzene rings is 1. The number of ether oxygens (including phenoxy) is 2. The molecule has 6 nitrogen and oxygen atoms in total. The van der Waals surface area contributed by atoms with Gasteiger partial charge in [0.05, 0.1) is 12.2 Å². The van der Waals surface area contributed by atoms with Gasteiger partial charge in [-0.15, -0.1) is 0 Å². The predicted molar refractivity (Wildman–Crippen MR) is 156 cm³/mol. The molecule has 1 saturated heterocycles. The smallest absolute Gasteiger partial charge is 0.126 e. The van der Waals surface area contributed by atoms with Crippen LogP contribution in [0.1, 0.15) is 49.4 Å². The van der Waals surface area contributed by atoms with Crippen molar-refractivity contribution in [3.8, 4) is 5.75 Å². The molecule has 1 N–H and O–H groups in total. The van der Waals surface area contributed by atoms with Crippen LogP contribution >= 0.6 is 0 Å². The van der Waals surface area contributed by atoms with Crippen molar-refractivity contribution in [3.05, 3.63) is 72.0 Å². The van der Waals surface area contributed by atoms with E-state index >= 15 is 0 Å². The van der Waals surface area contributed by atoms with Gasteiger partial charge in [0.15, 0.2) is 0 Å². The lowest BCUT2D eigenvalue weighted by Gasteiger charge is -2.37. The van der Waals surface area contributed by atoms with Crippen molar-refractivity contribution in [1.82, 2.24) is 9.80 Å². The minimum absolute atomic E-state index is 0. The molecular formula is C30H48N4O2. The first-order chi connectivity index (χ1) is 17.3. The second-order valence-corrected chi connectivity index (χ2v) is 9.34. The number of anilines is 1. The summed E-state index contributed by atoms with van der Waals surface area (Å²) in [5, 5.41) is 3.49. The van der Waals surface area contributed by atoms with Gasteiger partial charge in [-0.3, -0.25) is 4.90 Å². The largest absolute Gasteiger partial charge is 0.489 e. The second-order valence-electron chi connectivity index (χ2n) is 9.34. The van der Waals surface area contributed by atoms with Gasteiger partial charge in [-0.05, 0) is 57.9 Å². The van der Waals surface area contributed by atoms with E-state index in [9.17, 15) is 0 Å².